The molecule has 2 unspecified atom stereocenters. The summed E-state index contributed by atoms with van der Waals surface area (Å²) in [7, 11) is 1.20. The fourth-order valence-corrected chi connectivity index (χ4v) is 12.4. The van der Waals surface area contributed by atoms with Crippen molar-refractivity contribution in [3.63, 3.8) is 0 Å². The van der Waals surface area contributed by atoms with Gasteiger partial charge in [-0.15, -0.1) is 0 Å². The predicted octanol–water partition coefficient (Wildman–Crippen LogP) is 23.5. The lowest BCUT2D eigenvalue weighted by Gasteiger charge is -2.28. The molecule has 0 rings (SSSR count). The number of ether oxygens (including phenoxy) is 2. The molecule has 0 bridgehead atoms. The molecule has 0 fully saturated rings. The van der Waals surface area contributed by atoms with Crippen molar-refractivity contribution in [3.8, 4) is 0 Å². The van der Waals surface area contributed by atoms with Crippen LogP contribution in [0.1, 0.15) is 406 Å². The van der Waals surface area contributed by atoms with Crippen LogP contribution in [-0.2, 0) is 32.7 Å². The maximum Gasteiger partial charge on any atom is 0.306 e. The highest BCUT2D eigenvalue weighted by Gasteiger charge is 2.22. The number of hydrogen-bond donors (Lipinski definition) is 0. The molecule has 0 aliphatic carbocycles. The zero-order valence-electron chi connectivity index (χ0n) is 56.7. The van der Waals surface area contributed by atoms with Crippen molar-refractivity contribution >= 4 is 19.8 Å². The Kier molecular flexibility index (Phi) is 64.7. The Morgan fingerprint density at radius 2 is 0.542 bits per heavy atom. The van der Waals surface area contributed by atoms with Gasteiger partial charge in [0.1, 0.15) is 19.8 Å². The molecule has 2 atom stereocenters. The molecule has 0 aliphatic heterocycles. The van der Waals surface area contributed by atoms with E-state index in [-0.39, 0.29) is 32.0 Å². The average Bonchev–Trinajstić information content (AvgIpc) is 3.49. The highest BCUT2D eigenvalue weighted by atomic mass is 31.2. The molecule has 0 spiro atoms. The minimum atomic E-state index is -4.64. The number of carbonyl (C=O) groups is 2. The van der Waals surface area contributed by atoms with E-state index in [0.29, 0.717) is 17.4 Å². The molecule has 496 valence electrons. The monoisotopic (exact) mass is 1200 g/mol. The number of nitrogens with zero attached hydrogens (tertiary/aromatic N) is 1. The van der Waals surface area contributed by atoms with Crippen LogP contribution in [0.25, 0.3) is 0 Å². The van der Waals surface area contributed by atoms with Crippen LogP contribution >= 0.6 is 7.82 Å². The van der Waals surface area contributed by atoms with Gasteiger partial charge in [0.2, 0.25) is 0 Å². The molecule has 0 N–H and O–H groups in total. The molecular formula is C73H146NO8P. The zero-order chi connectivity index (χ0) is 60.5. The Morgan fingerprint density at radius 3 is 0.771 bits per heavy atom. The van der Waals surface area contributed by atoms with E-state index in [0.717, 1.165) is 32.1 Å². The number of quaternary nitrogens is 1. The first kappa shape index (κ1) is 82.0. The Morgan fingerprint density at radius 1 is 0.325 bits per heavy atom. The molecule has 10 heteroatoms. The van der Waals surface area contributed by atoms with Crippen molar-refractivity contribution in [2.24, 2.45) is 0 Å². The topological polar surface area (TPSA) is 111 Å². The number of hydrogen-bond acceptors (Lipinski definition) is 8. The minimum Gasteiger partial charge on any atom is -0.756 e. The molecule has 0 aliphatic rings. The lowest BCUT2D eigenvalue weighted by atomic mass is 10.0. The molecule has 0 saturated carbocycles. The van der Waals surface area contributed by atoms with Crippen LogP contribution in [0.2, 0.25) is 0 Å². The van der Waals surface area contributed by atoms with Crippen LogP contribution in [0.5, 0.6) is 0 Å². The highest BCUT2D eigenvalue weighted by molar-refractivity contribution is 7.45. The summed E-state index contributed by atoms with van der Waals surface area (Å²) in [5.74, 6) is -0.802. The van der Waals surface area contributed by atoms with E-state index in [9.17, 15) is 19.0 Å². The molecule has 83 heavy (non-hydrogen) atoms. The van der Waals surface area contributed by atoms with Crippen molar-refractivity contribution < 1.29 is 42.1 Å². The molecule has 0 saturated heterocycles. The lowest BCUT2D eigenvalue weighted by molar-refractivity contribution is -0.870. The van der Waals surface area contributed by atoms with Crippen LogP contribution in [0.4, 0.5) is 0 Å². The summed E-state index contributed by atoms with van der Waals surface area (Å²) in [5.41, 5.74) is 0. The van der Waals surface area contributed by atoms with E-state index in [1.54, 1.807) is 0 Å². The van der Waals surface area contributed by atoms with Crippen molar-refractivity contribution in [1.82, 2.24) is 0 Å². The molecule has 0 aromatic heterocycles. The number of esters is 2. The number of phosphoric acid groups is 1. The largest absolute Gasteiger partial charge is 0.756 e. The second kappa shape index (κ2) is 65.5. The first-order valence-electron chi connectivity index (χ1n) is 37.2. The van der Waals surface area contributed by atoms with Gasteiger partial charge in [-0.05, 0) is 12.8 Å². The SMILES string of the molecule is CCCCCCCCCCCCCCCCCCCCCCCCCCCCCCCCCCC(=O)OC(COC(=O)CCCCCCCCCCCCCCCCCCCCCCCCCCCCC)COP(=O)([O-])OCC[N+](C)(C)C. The first-order chi connectivity index (χ1) is 40.5. The van der Waals surface area contributed by atoms with Gasteiger partial charge in [-0.3, -0.25) is 14.2 Å². The summed E-state index contributed by atoms with van der Waals surface area (Å²) in [6, 6.07) is 0. The number of likely N-dealkylation sites (N-methyl/N-ethyl adjacent to an activating group) is 1. The Bertz CT molecular complexity index is 1360. The van der Waals surface area contributed by atoms with Gasteiger partial charge in [0.15, 0.2) is 6.10 Å². The smallest absolute Gasteiger partial charge is 0.306 e. The van der Waals surface area contributed by atoms with Gasteiger partial charge in [0, 0.05) is 12.8 Å². The predicted molar refractivity (Wildman–Crippen MR) is 356 cm³/mol. The van der Waals surface area contributed by atoms with Crippen molar-refractivity contribution in [1.29, 1.82) is 0 Å². The van der Waals surface area contributed by atoms with E-state index >= 15 is 0 Å². The van der Waals surface area contributed by atoms with Crippen molar-refractivity contribution in [3.05, 3.63) is 0 Å². The summed E-state index contributed by atoms with van der Waals surface area (Å²) in [6.45, 7) is 4.34. The molecule has 9 nitrogen and oxygen atoms in total. The summed E-state index contributed by atoms with van der Waals surface area (Å²) in [4.78, 5) is 38.1. The van der Waals surface area contributed by atoms with E-state index < -0.39 is 26.5 Å². The molecule has 0 aromatic carbocycles. The molecule has 0 heterocycles. The normalized spacial score (nSPS) is 13.0. The van der Waals surface area contributed by atoms with E-state index in [1.165, 1.54) is 340 Å². The maximum absolute atomic E-state index is 12.9. The number of carbonyl (C=O) groups excluding carboxylic acids is 2. The van der Waals surface area contributed by atoms with Crippen LogP contribution in [0.3, 0.4) is 0 Å². The van der Waals surface area contributed by atoms with Gasteiger partial charge >= 0.3 is 11.9 Å². The van der Waals surface area contributed by atoms with Crippen LogP contribution in [0.15, 0.2) is 0 Å². The van der Waals surface area contributed by atoms with Crippen LogP contribution < -0.4 is 4.89 Å². The fraction of sp³-hybridized carbons (Fsp3) is 0.973. The lowest BCUT2D eigenvalue weighted by Crippen LogP contribution is -2.37. The average molecular weight is 1200 g/mol. The van der Waals surface area contributed by atoms with Crippen molar-refractivity contribution in [2.45, 2.75) is 412 Å². The summed E-state index contributed by atoms with van der Waals surface area (Å²) in [6.07, 6.45) is 79.3. The third kappa shape index (κ3) is 70.0. The highest BCUT2D eigenvalue weighted by Crippen LogP contribution is 2.38. The maximum atomic E-state index is 12.9. The van der Waals surface area contributed by atoms with Crippen LogP contribution in [-0.4, -0.2) is 70.0 Å². The summed E-state index contributed by atoms with van der Waals surface area (Å²) in [5, 5.41) is 0. The molecule has 0 amide bonds. The summed E-state index contributed by atoms with van der Waals surface area (Å²) >= 11 is 0. The quantitative estimate of drug-likeness (QED) is 0.0256. The Hall–Kier alpha value is -0.990. The van der Waals surface area contributed by atoms with Crippen molar-refractivity contribution in [2.75, 3.05) is 47.5 Å². The number of rotatable bonds is 71. The van der Waals surface area contributed by atoms with Gasteiger partial charge in [-0.2, -0.15) is 0 Å². The molecule has 0 radical (unpaired) electrons. The van der Waals surface area contributed by atoms with Crippen LogP contribution in [0, 0.1) is 0 Å². The minimum absolute atomic E-state index is 0.0247. The Labute approximate surface area is 518 Å². The third-order valence-corrected chi connectivity index (χ3v) is 18.3. The standard InChI is InChI=1S/C73H146NO8P/c1-6-8-10-12-14-16-18-20-22-24-26-28-30-32-34-35-36-37-38-40-42-44-46-48-50-52-54-56-58-60-62-64-66-73(76)82-71(70-81-83(77,78)80-68-67-74(3,4)5)69-79-72(75)65-63-61-59-57-55-53-51-49-47-45-43-41-39-33-31-29-27-25-23-21-19-17-15-13-11-9-7-2/h71H,6-70H2,1-5H3. The van der Waals surface area contributed by atoms with Gasteiger partial charge in [0.05, 0.1) is 27.7 Å². The van der Waals surface area contributed by atoms with Gasteiger partial charge in [0.25, 0.3) is 7.82 Å². The summed E-state index contributed by atoms with van der Waals surface area (Å²) < 4.78 is 34.4. The van der Waals surface area contributed by atoms with E-state index in [4.69, 9.17) is 18.5 Å². The third-order valence-electron chi connectivity index (χ3n) is 17.4. The number of phosphoric ester groups is 1. The van der Waals surface area contributed by atoms with Gasteiger partial charge in [-0.1, -0.05) is 380 Å². The fourth-order valence-electron chi connectivity index (χ4n) is 11.7. The van der Waals surface area contributed by atoms with Gasteiger partial charge in [-0.25, -0.2) is 0 Å². The van der Waals surface area contributed by atoms with Gasteiger partial charge < -0.3 is 27.9 Å². The van der Waals surface area contributed by atoms with E-state index in [2.05, 4.69) is 13.8 Å². The second-order valence-corrected chi connectivity index (χ2v) is 28.4. The zero-order valence-corrected chi connectivity index (χ0v) is 57.6. The molecular weight excluding hydrogens is 1050 g/mol. The first-order valence-corrected chi connectivity index (χ1v) is 38.7. The molecule has 0 aromatic rings. The second-order valence-electron chi connectivity index (χ2n) is 27.0. The number of unbranched alkanes of at least 4 members (excludes halogenated alkanes) is 57. The van der Waals surface area contributed by atoms with E-state index in [1.807, 2.05) is 21.1 Å². The Balaban J connectivity index is 3.93.